The molecule has 0 aliphatic rings. The zero-order valence-corrected chi connectivity index (χ0v) is 13.5. The Morgan fingerprint density at radius 3 is 2.25 bits per heavy atom. The fourth-order valence-corrected chi connectivity index (χ4v) is 2.17. The maximum absolute atomic E-state index is 12.0. The Hall–Kier alpha value is -2.95. The molecule has 2 rings (SSSR count). The number of ketones is 2. The van der Waals surface area contributed by atoms with Gasteiger partial charge in [0.2, 0.25) is 5.78 Å². The summed E-state index contributed by atoms with van der Waals surface area (Å²) in [5, 5.41) is 2.55. The van der Waals surface area contributed by atoms with E-state index in [4.69, 9.17) is 4.74 Å². The van der Waals surface area contributed by atoms with Crippen LogP contribution in [0.2, 0.25) is 0 Å². The lowest BCUT2D eigenvalue weighted by Gasteiger charge is -2.05. The van der Waals surface area contributed by atoms with E-state index in [1.807, 2.05) is 30.3 Å². The van der Waals surface area contributed by atoms with Crippen LogP contribution >= 0.6 is 0 Å². The number of methoxy groups -OCH3 is 1. The summed E-state index contributed by atoms with van der Waals surface area (Å²) in [6.45, 7) is 0.352. The minimum Gasteiger partial charge on any atom is -0.497 e. The standard InChI is InChI=1S/C19H19NO4/c1-24-16-9-7-15(8-10-16)17(21)13-18(22)19(23)20-12-11-14-5-3-2-4-6-14/h2-10H,11-13H2,1H3,(H,20,23). The number of ether oxygens (including phenoxy) is 1. The van der Waals surface area contributed by atoms with Gasteiger partial charge in [-0.2, -0.15) is 0 Å². The van der Waals surface area contributed by atoms with Crippen LogP contribution < -0.4 is 10.1 Å². The molecule has 0 spiro atoms. The summed E-state index contributed by atoms with van der Waals surface area (Å²) in [4.78, 5) is 35.6. The van der Waals surface area contributed by atoms with Crippen molar-refractivity contribution >= 4 is 17.5 Å². The Balaban J connectivity index is 1.80. The van der Waals surface area contributed by atoms with Crippen molar-refractivity contribution < 1.29 is 19.1 Å². The van der Waals surface area contributed by atoms with E-state index in [0.717, 1.165) is 5.56 Å². The first-order chi connectivity index (χ1) is 11.6. The molecule has 0 heterocycles. The average Bonchev–Trinajstić information content (AvgIpc) is 2.62. The highest BCUT2D eigenvalue weighted by atomic mass is 16.5. The van der Waals surface area contributed by atoms with Gasteiger partial charge in [-0.15, -0.1) is 0 Å². The van der Waals surface area contributed by atoms with Crippen molar-refractivity contribution in [2.45, 2.75) is 12.8 Å². The predicted octanol–water partition coefficient (Wildman–Crippen LogP) is 2.20. The lowest BCUT2D eigenvalue weighted by atomic mass is 10.1. The van der Waals surface area contributed by atoms with Crippen LogP contribution in [-0.2, 0) is 16.0 Å². The summed E-state index contributed by atoms with van der Waals surface area (Å²) in [6, 6.07) is 16.0. The molecule has 24 heavy (non-hydrogen) atoms. The van der Waals surface area contributed by atoms with Gasteiger partial charge >= 0.3 is 0 Å². The first-order valence-corrected chi connectivity index (χ1v) is 7.62. The molecule has 124 valence electrons. The van der Waals surface area contributed by atoms with Gasteiger partial charge in [-0.3, -0.25) is 14.4 Å². The highest BCUT2D eigenvalue weighted by Gasteiger charge is 2.18. The van der Waals surface area contributed by atoms with E-state index in [-0.39, 0.29) is 5.78 Å². The van der Waals surface area contributed by atoms with Gasteiger partial charge in [0.05, 0.1) is 13.5 Å². The van der Waals surface area contributed by atoms with Crippen molar-refractivity contribution in [1.29, 1.82) is 0 Å². The van der Waals surface area contributed by atoms with Crippen LogP contribution in [0.4, 0.5) is 0 Å². The van der Waals surface area contributed by atoms with Gasteiger partial charge in [-0.05, 0) is 36.2 Å². The number of rotatable bonds is 8. The van der Waals surface area contributed by atoms with Crippen molar-refractivity contribution in [3.63, 3.8) is 0 Å². The molecular weight excluding hydrogens is 306 g/mol. The SMILES string of the molecule is COc1ccc(C(=O)CC(=O)C(=O)NCCc2ccccc2)cc1. The molecule has 0 radical (unpaired) electrons. The van der Waals surface area contributed by atoms with Gasteiger partial charge in [-0.25, -0.2) is 0 Å². The summed E-state index contributed by atoms with van der Waals surface area (Å²) in [5.74, 6) is -1.23. The summed E-state index contributed by atoms with van der Waals surface area (Å²) < 4.78 is 5.01. The molecule has 0 atom stereocenters. The maximum Gasteiger partial charge on any atom is 0.287 e. The molecule has 0 saturated heterocycles. The smallest absolute Gasteiger partial charge is 0.287 e. The molecular formula is C19H19NO4. The van der Waals surface area contributed by atoms with Crippen LogP contribution in [0, 0.1) is 0 Å². The zero-order valence-electron chi connectivity index (χ0n) is 13.5. The molecule has 2 aromatic rings. The Kier molecular flexibility index (Phi) is 6.25. The number of carbonyl (C=O) groups is 3. The van der Waals surface area contributed by atoms with Crippen molar-refractivity contribution in [2.75, 3.05) is 13.7 Å². The lowest BCUT2D eigenvalue weighted by Crippen LogP contribution is -2.33. The van der Waals surface area contributed by atoms with Gasteiger partial charge < -0.3 is 10.1 Å². The van der Waals surface area contributed by atoms with Crippen molar-refractivity contribution in [2.24, 2.45) is 0 Å². The fraction of sp³-hybridized carbons (Fsp3) is 0.211. The Morgan fingerprint density at radius 2 is 1.62 bits per heavy atom. The zero-order chi connectivity index (χ0) is 17.4. The van der Waals surface area contributed by atoms with E-state index < -0.39 is 18.1 Å². The molecule has 0 aliphatic carbocycles. The molecule has 5 heteroatoms. The molecule has 1 amide bonds. The van der Waals surface area contributed by atoms with E-state index in [1.54, 1.807) is 24.3 Å². The molecule has 0 bridgehead atoms. The second kappa shape index (κ2) is 8.62. The average molecular weight is 325 g/mol. The third-order valence-electron chi connectivity index (χ3n) is 3.53. The summed E-state index contributed by atoms with van der Waals surface area (Å²) >= 11 is 0. The highest BCUT2D eigenvalue weighted by molar-refractivity contribution is 6.40. The number of hydrogen-bond acceptors (Lipinski definition) is 4. The van der Waals surface area contributed by atoms with Crippen LogP contribution in [0.25, 0.3) is 0 Å². The largest absolute Gasteiger partial charge is 0.497 e. The normalized spacial score (nSPS) is 10.0. The highest BCUT2D eigenvalue weighted by Crippen LogP contribution is 2.12. The van der Waals surface area contributed by atoms with Crippen LogP contribution in [0.5, 0.6) is 5.75 Å². The van der Waals surface area contributed by atoms with Crippen LogP contribution in [-0.4, -0.2) is 31.1 Å². The van der Waals surface area contributed by atoms with E-state index in [2.05, 4.69) is 5.32 Å². The summed E-state index contributed by atoms with van der Waals surface area (Å²) in [6.07, 6.45) is 0.190. The minimum absolute atomic E-state index is 0.352. The summed E-state index contributed by atoms with van der Waals surface area (Å²) in [5.41, 5.74) is 1.45. The van der Waals surface area contributed by atoms with Crippen LogP contribution in [0.3, 0.4) is 0 Å². The third-order valence-corrected chi connectivity index (χ3v) is 3.53. The quantitative estimate of drug-likeness (QED) is 0.459. The Morgan fingerprint density at radius 1 is 0.958 bits per heavy atom. The molecule has 0 fully saturated rings. The van der Waals surface area contributed by atoms with Gasteiger partial charge in [0.25, 0.3) is 5.91 Å². The van der Waals surface area contributed by atoms with Crippen molar-refractivity contribution in [3.8, 4) is 5.75 Å². The molecule has 0 aliphatic heterocycles. The van der Waals surface area contributed by atoms with Crippen molar-refractivity contribution in [1.82, 2.24) is 5.32 Å². The van der Waals surface area contributed by atoms with Gasteiger partial charge in [-0.1, -0.05) is 30.3 Å². The topological polar surface area (TPSA) is 72.5 Å². The van der Waals surface area contributed by atoms with Crippen molar-refractivity contribution in [3.05, 3.63) is 65.7 Å². The van der Waals surface area contributed by atoms with E-state index in [1.165, 1.54) is 7.11 Å². The first-order valence-electron chi connectivity index (χ1n) is 7.62. The fourth-order valence-electron chi connectivity index (χ4n) is 2.17. The predicted molar refractivity (Wildman–Crippen MR) is 90.1 cm³/mol. The molecule has 5 nitrogen and oxygen atoms in total. The first kappa shape index (κ1) is 17.4. The van der Waals surface area contributed by atoms with E-state index in [0.29, 0.717) is 24.3 Å². The second-order valence-electron chi connectivity index (χ2n) is 5.24. The number of benzene rings is 2. The second-order valence-corrected chi connectivity index (χ2v) is 5.24. The molecule has 1 N–H and O–H groups in total. The number of nitrogens with one attached hydrogen (secondary N) is 1. The van der Waals surface area contributed by atoms with Crippen LogP contribution in [0.15, 0.2) is 54.6 Å². The molecule has 0 unspecified atom stereocenters. The number of hydrogen-bond donors (Lipinski definition) is 1. The third kappa shape index (κ3) is 5.05. The molecule has 2 aromatic carbocycles. The maximum atomic E-state index is 12.0. The Bertz CT molecular complexity index is 708. The Labute approximate surface area is 140 Å². The lowest BCUT2D eigenvalue weighted by molar-refractivity contribution is -0.137. The van der Waals surface area contributed by atoms with Gasteiger partial charge in [0.1, 0.15) is 5.75 Å². The number of Topliss-reactive ketones (excluding diaryl/α,β-unsaturated/α-hetero) is 2. The van der Waals surface area contributed by atoms with Gasteiger partial charge in [0.15, 0.2) is 5.78 Å². The van der Waals surface area contributed by atoms with E-state index >= 15 is 0 Å². The van der Waals surface area contributed by atoms with Gasteiger partial charge in [0, 0.05) is 12.1 Å². The van der Waals surface area contributed by atoms with Crippen LogP contribution in [0.1, 0.15) is 22.3 Å². The number of carbonyl (C=O) groups excluding carboxylic acids is 3. The number of amides is 1. The summed E-state index contributed by atoms with van der Waals surface area (Å²) in [7, 11) is 1.53. The monoisotopic (exact) mass is 325 g/mol. The molecule has 0 saturated carbocycles. The van der Waals surface area contributed by atoms with E-state index in [9.17, 15) is 14.4 Å². The minimum atomic E-state index is -0.733. The molecule has 0 aromatic heterocycles.